The summed E-state index contributed by atoms with van der Waals surface area (Å²) in [5, 5.41) is 19.6. The van der Waals surface area contributed by atoms with Gasteiger partial charge >= 0.3 is 5.97 Å². The van der Waals surface area contributed by atoms with Crippen LogP contribution in [0.4, 0.5) is 0 Å². The molecule has 1 aromatic rings. The van der Waals surface area contributed by atoms with Crippen molar-refractivity contribution in [2.45, 2.75) is 83.2 Å². The van der Waals surface area contributed by atoms with Crippen LogP contribution in [-0.2, 0) is 20.7 Å². The van der Waals surface area contributed by atoms with Gasteiger partial charge in [-0.15, -0.1) is 0 Å². The summed E-state index contributed by atoms with van der Waals surface area (Å²) in [5.74, 6) is -0.998. The van der Waals surface area contributed by atoms with Crippen LogP contribution in [0.1, 0.15) is 62.5 Å². The van der Waals surface area contributed by atoms with Gasteiger partial charge in [-0.05, 0) is 69.8 Å². The molecule has 1 saturated heterocycles. The lowest BCUT2D eigenvalue weighted by atomic mass is 9.84. The van der Waals surface area contributed by atoms with E-state index in [1.54, 1.807) is 0 Å². The number of hydrogen-bond acceptors (Lipinski definition) is 4. The number of carbonyl (C=O) groups is 1. The first-order valence-electron chi connectivity index (χ1n) is 10.8. The van der Waals surface area contributed by atoms with E-state index in [4.69, 9.17) is 9.47 Å². The minimum atomic E-state index is -0.844. The minimum Gasteiger partial charge on any atom is -0.481 e. The van der Waals surface area contributed by atoms with E-state index in [-0.39, 0.29) is 30.7 Å². The lowest BCUT2D eigenvalue weighted by molar-refractivity contribution is -0.203. The largest absolute Gasteiger partial charge is 0.481 e. The molecule has 0 aromatic heterocycles. The fourth-order valence-electron chi connectivity index (χ4n) is 4.80. The molecule has 2 fully saturated rings. The summed E-state index contributed by atoms with van der Waals surface area (Å²) in [6, 6.07) is 8.56. The van der Waals surface area contributed by atoms with Crippen molar-refractivity contribution in [1.82, 2.24) is 0 Å². The first kappa shape index (κ1) is 21.3. The lowest BCUT2D eigenvalue weighted by Gasteiger charge is -2.33. The van der Waals surface area contributed by atoms with Gasteiger partial charge in [-0.2, -0.15) is 0 Å². The highest BCUT2D eigenvalue weighted by atomic mass is 16.7. The van der Waals surface area contributed by atoms with Gasteiger partial charge in [-0.25, -0.2) is 0 Å². The molecule has 5 nitrogen and oxygen atoms in total. The van der Waals surface area contributed by atoms with Gasteiger partial charge in [0.2, 0.25) is 0 Å². The Kier molecular flexibility index (Phi) is 7.89. The Balaban J connectivity index is 1.64. The predicted molar refractivity (Wildman–Crippen MR) is 107 cm³/mol. The van der Waals surface area contributed by atoms with E-state index in [1.165, 1.54) is 11.1 Å². The zero-order chi connectivity index (χ0) is 19.9. The fourth-order valence-corrected chi connectivity index (χ4v) is 4.80. The molecule has 0 bridgehead atoms. The number of aliphatic carboxylic acids is 1. The Bertz CT molecular complexity index is 625. The molecule has 1 heterocycles. The molecule has 3 rings (SSSR count). The molecule has 156 valence electrons. The molecule has 5 atom stereocenters. The van der Waals surface area contributed by atoms with E-state index in [0.717, 1.165) is 51.6 Å². The lowest BCUT2D eigenvalue weighted by Crippen LogP contribution is -2.36. The summed E-state index contributed by atoms with van der Waals surface area (Å²) in [4.78, 5) is 11.3. The van der Waals surface area contributed by atoms with Crippen LogP contribution >= 0.6 is 0 Å². The maximum absolute atomic E-state index is 11.3. The van der Waals surface area contributed by atoms with E-state index in [0.29, 0.717) is 6.42 Å². The normalized spacial score (nSPS) is 28.9. The van der Waals surface area contributed by atoms with Gasteiger partial charge in [0.25, 0.3) is 0 Å². The SMILES string of the molecule is Cc1cccc(CCCC(OC2CCCCO2)[C@@H]2CC[C@H](O)[C@@H]2CC(=O)O)c1. The highest BCUT2D eigenvalue weighted by molar-refractivity contribution is 5.67. The van der Waals surface area contributed by atoms with Crippen LogP contribution in [0.2, 0.25) is 0 Å². The Morgan fingerprint density at radius 2 is 2.14 bits per heavy atom. The Hall–Kier alpha value is -1.43. The van der Waals surface area contributed by atoms with Crippen LogP contribution in [-0.4, -0.2) is 41.3 Å². The standard InChI is InChI=1S/C23H34O5/c1-16-6-4-7-17(14-16)8-5-9-21(28-23-10-2-3-13-27-23)18-11-12-20(24)19(18)15-22(25)26/h4,6-7,14,18-21,23-24H,2-3,5,8-13,15H2,1H3,(H,25,26)/t18-,19-,20+,21?,23?/m1/s1. The van der Waals surface area contributed by atoms with Crippen molar-refractivity contribution in [1.29, 1.82) is 0 Å². The van der Waals surface area contributed by atoms with E-state index in [2.05, 4.69) is 31.2 Å². The van der Waals surface area contributed by atoms with Crippen LogP contribution in [0.5, 0.6) is 0 Å². The van der Waals surface area contributed by atoms with E-state index < -0.39 is 12.1 Å². The van der Waals surface area contributed by atoms with Gasteiger partial charge in [0.1, 0.15) is 0 Å². The average Bonchev–Trinajstić information content (AvgIpc) is 3.02. The number of carboxylic acid groups (broad SMARTS) is 1. The van der Waals surface area contributed by atoms with Crippen molar-refractivity contribution in [3.8, 4) is 0 Å². The van der Waals surface area contributed by atoms with Crippen LogP contribution in [0, 0.1) is 18.8 Å². The van der Waals surface area contributed by atoms with E-state index in [9.17, 15) is 15.0 Å². The number of benzene rings is 1. The fraction of sp³-hybridized carbons (Fsp3) is 0.696. The molecular formula is C23H34O5. The predicted octanol–water partition coefficient (Wildman–Crippen LogP) is 4.09. The van der Waals surface area contributed by atoms with Gasteiger partial charge in [-0.1, -0.05) is 29.8 Å². The Labute approximate surface area is 168 Å². The van der Waals surface area contributed by atoms with E-state index >= 15 is 0 Å². The number of carboxylic acids is 1. The molecule has 28 heavy (non-hydrogen) atoms. The second kappa shape index (κ2) is 10.4. The number of ether oxygens (including phenoxy) is 2. The summed E-state index contributed by atoms with van der Waals surface area (Å²) in [6.45, 7) is 2.83. The third kappa shape index (κ3) is 6.03. The third-order valence-corrected chi connectivity index (χ3v) is 6.23. The molecule has 2 N–H and O–H groups in total. The molecule has 0 amide bonds. The maximum atomic E-state index is 11.3. The molecule has 2 unspecified atom stereocenters. The van der Waals surface area contributed by atoms with Crippen molar-refractivity contribution in [3.05, 3.63) is 35.4 Å². The minimum absolute atomic E-state index is 0.00902. The van der Waals surface area contributed by atoms with Crippen molar-refractivity contribution in [3.63, 3.8) is 0 Å². The van der Waals surface area contributed by atoms with Gasteiger partial charge in [-0.3, -0.25) is 4.79 Å². The van der Waals surface area contributed by atoms with E-state index in [1.807, 2.05) is 0 Å². The van der Waals surface area contributed by atoms with Gasteiger partial charge < -0.3 is 19.7 Å². The van der Waals surface area contributed by atoms with Gasteiger partial charge in [0.05, 0.1) is 18.6 Å². The molecule has 1 aliphatic heterocycles. The Morgan fingerprint density at radius 3 is 2.86 bits per heavy atom. The second-order valence-electron chi connectivity index (χ2n) is 8.42. The topological polar surface area (TPSA) is 76.0 Å². The second-order valence-corrected chi connectivity index (χ2v) is 8.42. The van der Waals surface area contributed by atoms with Crippen molar-refractivity contribution in [2.24, 2.45) is 11.8 Å². The molecule has 1 aliphatic carbocycles. The van der Waals surface area contributed by atoms with Crippen molar-refractivity contribution < 1.29 is 24.5 Å². The van der Waals surface area contributed by atoms with Crippen LogP contribution < -0.4 is 0 Å². The zero-order valence-corrected chi connectivity index (χ0v) is 16.9. The van der Waals surface area contributed by atoms with Crippen molar-refractivity contribution >= 4 is 5.97 Å². The van der Waals surface area contributed by atoms with Gasteiger partial charge in [0, 0.05) is 12.5 Å². The van der Waals surface area contributed by atoms with Crippen molar-refractivity contribution in [2.75, 3.05) is 6.61 Å². The molecule has 1 aromatic carbocycles. The molecule has 2 aliphatic rings. The van der Waals surface area contributed by atoms with Crippen LogP contribution in [0.3, 0.4) is 0 Å². The average molecular weight is 391 g/mol. The smallest absolute Gasteiger partial charge is 0.303 e. The summed E-state index contributed by atoms with van der Waals surface area (Å²) in [6.07, 6.45) is 6.58. The third-order valence-electron chi connectivity index (χ3n) is 6.23. The summed E-state index contributed by atoms with van der Waals surface area (Å²) >= 11 is 0. The number of aliphatic hydroxyl groups excluding tert-OH is 1. The summed E-state index contributed by atoms with van der Waals surface area (Å²) in [7, 11) is 0. The summed E-state index contributed by atoms with van der Waals surface area (Å²) in [5.41, 5.74) is 2.59. The highest BCUT2D eigenvalue weighted by Crippen LogP contribution is 2.40. The first-order valence-corrected chi connectivity index (χ1v) is 10.8. The molecule has 0 spiro atoms. The van der Waals surface area contributed by atoms with Crippen LogP contribution in [0.15, 0.2) is 24.3 Å². The Morgan fingerprint density at radius 1 is 1.29 bits per heavy atom. The first-order chi connectivity index (χ1) is 13.5. The molecular weight excluding hydrogens is 356 g/mol. The quantitative estimate of drug-likeness (QED) is 0.664. The molecule has 1 saturated carbocycles. The van der Waals surface area contributed by atoms with Crippen LogP contribution in [0.25, 0.3) is 0 Å². The maximum Gasteiger partial charge on any atom is 0.303 e. The number of aryl methyl sites for hydroxylation is 2. The summed E-state index contributed by atoms with van der Waals surface area (Å²) < 4.78 is 12.2. The monoisotopic (exact) mass is 390 g/mol. The van der Waals surface area contributed by atoms with Gasteiger partial charge in [0.15, 0.2) is 6.29 Å². The molecule has 0 radical (unpaired) electrons. The highest BCUT2D eigenvalue weighted by Gasteiger charge is 2.41. The zero-order valence-electron chi connectivity index (χ0n) is 16.9. The molecule has 5 heteroatoms. The number of aliphatic hydroxyl groups is 1. The number of rotatable bonds is 9. The number of hydrogen-bond donors (Lipinski definition) is 2.